The Bertz CT molecular complexity index is 1230. The van der Waals surface area contributed by atoms with Crippen molar-refractivity contribution in [2.75, 3.05) is 14.2 Å². The van der Waals surface area contributed by atoms with Crippen LogP contribution < -0.4 is 9.47 Å². The molecule has 0 atom stereocenters. The summed E-state index contributed by atoms with van der Waals surface area (Å²) in [6.07, 6.45) is 0. The second-order valence-electron chi connectivity index (χ2n) is 11.1. The van der Waals surface area contributed by atoms with Crippen LogP contribution in [0.2, 0.25) is 0 Å². The molecular formula is C32H36O2. The highest BCUT2D eigenvalue weighted by Crippen LogP contribution is 2.38. The fraction of sp³-hybridized carbons (Fsp3) is 0.312. The van der Waals surface area contributed by atoms with Crippen LogP contribution in [0.3, 0.4) is 0 Å². The molecule has 4 aromatic rings. The van der Waals surface area contributed by atoms with Crippen molar-refractivity contribution < 1.29 is 9.47 Å². The average Bonchev–Trinajstić information content (AvgIpc) is 2.81. The molecule has 0 heterocycles. The van der Waals surface area contributed by atoms with Gasteiger partial charge in [-0.25, -0.2) is 0 Å². The zero-order chi connectivity index (χ0) is 24.7. The number of methoxy groups -OCH3 is 2. The molecular weight excluding hydrogens is 416 g/mol. The summed E-state index contributed by atoms with van der Waals surface area (Å²) >= 11 is 0. The number of ether oxygens (including phenoxy) is 2. The van der Waals surface area contributed by atoms with E-state index < -0.39 is 0 Å². The smallest absolute Gasteiger partial charge is 0.122 e. The molecule has 0 unspecified atom stereocenters. The Kier molecular flexibility index (Phi) is 6.20. The van der Waals surface area contributed by atoms with Crippen molar-refractivity contribution in [3.8, 4) is 33.8 Å². The van der Waals surface area contributed by atoms with E-state index in [4.69, 9.17) is 9.47 Å². The van der Waals surface area contributed by atoms with Gasteiger partial charge in [0.25, 0.3) is 0 Å². The van der Waals surface area contributed by atoms with Gasteiger partial charge in [0.05, 0.1) is 14.2 Å². The monoisotopic (exact) mass is 452 g/mol. The molecule has 34 heavy (non-hydrogen) atoms. The average molecular weight is 453 g/mol. The molecule has 2 heteroatoms. The normalized spacial score (nSPS) is 12.1. The number of fused-ring (bicyclic) bond motifs is 1. The topological polar surface area (TPSA) is 18.5 Å². The molecule has 0 aliphatic heterocycles. The third-order valence-electron chi connectivity index (χ3n) is 6.52. The highest BCUT2D eigenvalue weighted by molar-refractivity contribution is 5.91. The molecule has 2 nitrogen and oxygen atoms in total. The number of hydrogen-bond donors (Lipinski definition) is 0. The minimum absolute atomic E-state index is 0.00446. The van der Waals surface area contributed by atoms with Gasteiger partial charge in [0.2, 0.25) is 0 Å². The highest BCUT2D eigenvalue weighted by atomic mass is 16.5. The minimum atomic E-state index is 0.00446. The van der Waals surface area contributed by atoms with Crippen LogP contribution in [0, 0.1) is 0 Å². The lowest BCUT2D eigenvalue weighted by atomic mass is 9.84. The van der Waals surface area contributed by atoms with Crippen LogP contribution in [-0.2, 0) is 10.8 Å². The molecule has 0 N–H and O–H groups in total. The van der Waals surface area contributed by atoms with Gasteiger partial charge in [-0.3, -0.25) is 0 Å². The Hall–Kier alpha value is -3.26. The van der Waals surface area contributed by atoms with Crippen LogP contribution in [0.15, 0.2) is 72.8 Å². The van der Waals surface area contributed by atoms with E-state index in [1.165, 1.54) is 44.2 Å². The van der Waals surface area contributed by atoms with Gasteiger partial charge in [0.15, 0.2) is 0 Å². The molecule has 0 aliphatic rings. The third-order valence-corrected chi connectivity index (χ3v) is 6.52. The first-order valence-corrected chi connectivity index (χ1v) is 11.9. The van der Waals surface area contributed by atoms with Crippen molar-refractivity contribution in [1.82, 2.24) is 0 Å². The summed E-state index contributed by atoms with van der Waals surface area (Å²) in [5.41, 5.74) is 7.28. The summed E-state index contributed by atoms with van der Waals surface area (Å²) in [6.45, 7) is 13.3. The summed E-state index contributed by atoms with van der Waals surface area (Å²) < 4.78 is 11.3. The van der Waals surface area contributed by atoms with Crippen molar-refractivity contribution in [3.63, 3.8) is 0 Å². The first-order chi connectivity index (χ1) is 16.0. The maximum Gasteiger partial charge on any atom is 0.122 e. The van der Waals surface area contributed by atoms with Gasteiger partial charge in [0, 0.05) is 11.1 Å². The Balaban J connectivity index is 1.80. The van der Waals surface area contributed by atoms with Crippen molar-refractivity contribution in [1.29, 1.82) is 0 Å². The second kappa shape index (κ2) is 8.83. The van der Waals surface area contributed by atoms with Gasteiger partial charge in [-0.15, -0.1) is 0 Å². The van der Waals surface area contributed by atoms with Crippen LogP contribution >= 0.6 is 0 Å². The Morgan fingerprint density at radius 2 is 0.794 bits per heavy atom. The predicted molar refractivity (Wildman–Crippen MR) is 145 cm³/mol. The van der Waals surface area contributed by atoms with Crippen LogP contribution in [0.5, 0.6) is 11.5 Å². The van der Waals surface area contributed by atoms with Crippen LogP contribution in [0.4, 0.5) is 0 Å². The molecule has 4 rings (SSSR count). The maximum atomic E-state index is 5.64. The molecule has 0 spiro atoms. The van der Waals surface area contributed by atoms with E-state index in [2.05, 4.69) is 114 Å². The largest absolute Gasteiger partial charge is 0.496 e. The lowest BCUT2D eigenvalue weighted by molar-refractivity contribution is 0.397. The lowest BCUT2D eigenvalue weighted by Gasteiger charge is -2.23. The zero-order valence-electron chi connectivity index (χ0n) is 21.7. The second-order valence-corrected chi connectivity index (χ2v) is 11.1. The van der Waals surface area contributed by atoms with Crippen molar-refractivity contribution in [3.05, 3.63) is 83.9 Å². The first-order valence-electron chi connectivity index (χ1n) is 11.9. The fourth-order valence-corrected chi connectivity index (χ4v) is 4.55. The van der Waals surface area contributed by atoms with Gasteiger partial charge in [-0.1, -0.05) is 77.9 Å². The summed E-state index contributed by atoms with van der Waals surface area (Å²) in [5, 5.41) is 2.47. The number of rotatable bonds is 4. The van der Waals surface area contributed by atoms with Crippen LogP contribution in [-0.4, -0.2) is 14.2 Å². The first kappa shape index (κ1) is 23.9. The van der Waals surface area contributed by atoms with Gasteiger partial charge < -0.3 is 9.47 Å². The van der Waals surface area contributed by atoms with Crippen molar-refractivity contribution >= 4 is 10.8 Å². The Labute approximate surface area is 204 Å². The highest BCUT2D eigenvalue weighted by Gasteiger charge is 2.21. The van der Waals surface area contributed by atoms with E-state index in [-0.39, 0.29) is 10.8 Å². The Morgan fingerprint density at radius 1 is 0.441 bits per heavy atom. The van der Waals surface area contributed by atoms with Gasteiger partial charge in [-0.05, 0) is 80.3 Å². The molecule has 0 amide bonds. The summed E-state index contributed by atoms with van der Waals surface area (Å²) in [7, 11) is 3.48. The molecule has 0 aliphatic carbocycles. The van der Waals surface area contributed by atoms with Gasteiger partial charge in [-0.2, -0.15) is 0 Å². The minimum Gasteiger partial charge on any atom is -0.496 e. The van der Waals surface area contributed by atoms with Gasteiger partial charge >= 0.3 is 0 Å². The van der Waals surface area contributed by atoms with E-state index >= 15 is 0 Å². The van der Waals surface area contributed by atoms with Gasteiger partial charge in [0.1, 0.15) is 11.5 Å². The predicted octanol–water partition coefficient (Wildman–Crippen LogP) is 8.79. The Morgan fingerprint density at radius 3 is 1.15 bits per heavy atom. The lowest BCUT2D eigenvalue weighted by Crippen LogP contribution is -2.12. The molecule has 0 aromatic heterocycles. The molecule has 0 saturated heterocycles. The quantitative estimate of drug-likeness (QED) is 0.308. The molecule has 4 aromatic carbocycles. The standard InChI is InChI=1S/C32H36O2/c1-31(2,3)27-19-24(13-15-29(27)33-7)22-11-9-21-10-12-23(18-26(21)17-22)25-14-16-30(34-8)28(20-25)32(4,5)6/h9-20H,1-8H3. The van der Waals surface area contributed by atoms with Crippen LogP contribution in [0.1, 0.15) is 52.7 Å². The SMILES string of the molecule is COc1ccc(-c2ccc3ccc(-c4ccc(OC)c(C(C)(C)C)c4)cc3c2)cc1C(C)(C)C. The number of benzene rings is 4. The van der Waals surface area contributed by atoms with E-state index in [9.17, 15) is 0 Å². The zero-order valence-corrected chi connectivity index (χ0v) is 21.7. The molecule has 176 valence electrons. The third kappa shape index (κ3) is 4.68. The molecule has 0 radical (unpaired) electrons. The maximum absolute atomic E-state index is 5.64. The summed E-state index contributed by atoms with van der Waals surface area (Å²) in [6, 6.07) is 26.4. The molecule has 0 bridgehead atoms. The van der Waals surface area contributed by atoms with Crippen molar-refractivity contribution in [2.45, 2.75) is 52.4 Å². The van der Waals surface area contributed by atoms with E-state index in [0.717, 1.165) is 11.5 Å². The van der Waals surface area contributed by atoms with Crippen LogP contribution in [0.25, 0.3) is 33.0 Å². The number of hydrogen-bond acceptors (Lipinski definition) is 2. The molecule has 0 saturated carbocycles. The van der Waals surface area contributed by atoms with E-state index in [0.29, 0.717) is 0 Å². The van der Waals surface area contributed by atoms with Crippen molar-refractivity contribution in [2.24, 2.45) is 0 Å². The summed E-state index contributed by atoms with van der Waals surface area (Å²) in [4.78, 5) is 0. The van der Waals surface area contributed by atoms with E-state index in [1.807, 2.05) is 0 Å². The fourth-order valence-electron chi connectivity index (χ4n) is 4.55. The van der Waals surface area contributed by atoms with E-state index in [1.54, 1.807) is 14.2 Å². The summed E-state index contributed by atoms with van der Waals surface area (Å²) in [5.74, 6) is 1.88. The molecule has 0 fully saturated rings.